The number of halogens is 1. The van der Waals surface area contributed by atoms with Crippen molar-refractivity contribution in [2.24, 2.45) is 23.7 Å². The first-order chi connectivity index (χ1) is 18.2. The van der Waals surface area contributed by atoms with Crippen molar-refractivity contribution in [3.63, 3.8) is 0 Å². The van der Waals surface area contributed by atoms with Gasteiger partial charge in [0.15, 0.2) is 0 Å². The molecule has 0 radical (unpaired) electrons. The third-order valence-corrected chi connectivity index (χ3v) is 9.77. The number of hydrogen-bond acceptors (Lipinski definition) is 2. The number of carbonyl (C=O) groups is 1. The van der Waals surface area contributed by atoms with Crippen molar-refractivity contribution in [3.8, 4) is 0 Å². The van der Waals surface area contributed by atoms with Crippen molar-refractivity contribution in [2.45, 2.75) is 70.1 Å². The van der Waals surface area contributed by atoms with Gasteiger partial charge >= 0.3 is 0 Å². The average molecular weight is 499 g/mol. The SMILES string of the molecule is O=C(c1cccc2cccnc12)N1CC(CCC2CCCC(c3ccc(F)cc3)CC2)[C@H](C2CCC2)C1. The number of likely N-dealkylation sites (tertiary alicyclic amines) is 1. The van der Waals surface area contributed by atoms with Crippen LogP contribution in [0.15, 0.2) is 60.8 Å². The van der Waals surface area contributed by atoms with Crippen LogP contribution in [-0.4, -0.2) is 28.9 Å². The van der Waals surface area contributed by atoms with Crippen molar-refractivity contribution >= 4 is 16.8 Å². The van der Waals surface area contributed by atoms with E-state index in [4.69, 9.17) is 0 Å². The molecule has 6 rings (SSSR count). The minimum atomic E-state index is -0.142. The Bertz CT molecular complexity index is 1220. The summed E-state index contributed by atoms with van der Waals surface area (Å²) in [7, 11) is 0. The minimum absolute atomic E-state index is 0.142. The molecule has 0 spiro atoms. The van der Waals surface area contributed by atoms with E-state index in [0.29, 0.717) is 17.8 Å². The molecule has 1 aromatic heterocycles. The highest BCUT2D eigenvalue weighted by atomic mass is 19.1. The van der Waals surface area contributed by atoms with E-state index in [2.05, 4.69) is 9.88 Å². The van der Waals surface area contributed by atoms with E-state index in [9.17, 15) is 9.18 Å². The largest absolute Gasteiger partial charge is 0.338 e. The van der Waals surface area contributed by atoms with Gasteiger partial charge in [0.2, 0.25) is 0 Å². The van der Waals surface area contributed by atoms with Crippen LogP contribution in [0.1, 0.15) is 86.0 Å². The Balaban J connectivity index is 1.10. The number of aromatic nitrogens is 1. The highest BCUT2D eigenvalue weighted by Gasteiger charge is 2.41. The van der Waals surface area contributed by atoms with E-state index < -0.39 is 0 Å². The number of pyridine rings is 1. The van der Waals surface area contributed by atoms with Gasteiger partial charge in [-0.15, -0.1) is 0 Å². The number of fused-ring (bicyclic) bond motifs is 1. The first-order valence-corrected chi connectivity index (χ1v) is 14.5. The van der Waals surface area contributed by atoms with Gasteiger partial charge in [-0.2, -0.15) is 0 Å². The van der Waals surface area contributed by atoms with Crippen LogP contribution in [-0.2, 0) is 0 Å². The van der Waals surface area contributed by atoms with E-state index in [1.807, 2.05) is 42.5 Å². The summed E-state index contributed by atoms with van der Waals surface area (Å²) >= 11 is 0. The highest BCUT2D eigenvalue weighted by Crippen LogP contribution is 2.44. The Hall–Kier alpha value is -2.75. The molecule has 0 N–H and O–H groups in total. The second-order valence-electron chi connectivity index (χ2n) is 11.9. The van der Waals surface area contributed by atoms with E-state index >= 15 is 0 Å². The zero-order valence-corrected chi connectivity index (χ0v) is 21.8. The Morgan fingerprint density at radius 3 is 2.49 bits per heavy atom. The highest BCUT2D eigenvalue weighted by molar-refractivity contribution is 6.05. The second-order valence-corrected chi connectivity index (χ2v) is 11.9. The van der Waals surface area contributed by atoms with Crippen LogP contribution in [0.2, 0.25) is 0 Å². The number of nitrogens with zero attached hydrogens (tertiary/aromatic N) is 2. The lowest BCUT2D eigenvalue weighted by molar-refractivity contribution is 0.0777. The number of amides is 1. The summed E-state index contributed by atoms with van der Waals surface area (Å²) in [5.74, 6) is 3.43. The van der Waals surface area contributed by atoms with Gasteiger partial charge < -0.3 is 4.90 Å². The molecule has 1 aliphatic heterocycles. The fourth-order valence-corrected chi connectivity index (χ4v) is 7.40. The number of para-hydroxylation sites is 1. The summed E-state index contributed by atoms with van der Waals surface area (Å²) in [6, 6.07) is 17.1. The van der Waals surface area contributed by atoms with Crippen LogP contribution >= 0.6 is 0 Å². The maximum atomic E-state index is 13.7. The molecule has 3 nitrogen and oxygen atoms in total. The van der Waals surface area contributed by atoms with Crippen LogP contribution in [0.3, 0.4) is 0 Å². The monoisotopic (exact) mass is 498 g/mol. The van der Waals surface area contributed by atoms with Crippen molar-refractivity contribution in [2.75, 3.05) is 13.1 Å². The summed E-state index contributed by atoms with van der Waals surface area (Å²) < 4.78 is 13.4. The topological polar surface area (TPSA) is 33.2 Å². The van der Waals surface area contributed by atoms with Gasteiger partial charge in [-0.25, -0.2) is 4.39 Å². The molecule has 4 heteroatoms. The molecular formula is C33H39FN2O. The molecule has 0 bridgehead atoms. The fourth-order valence-electron chi connectivity index (χ4n) is 7.40. The standard InChI is InChI=1S/C33H39FN2O/c34-29-18-16-25(17-19-29)24-6-1-5-23(12-14-24)13-15-28-21-36(22-31(28)26-7-2-8-26)33(37)30-11-3-9-27-10-4-20-35-32(27)30/h3-4,9-11,16-20,23-24,26,28,31H,1-2,5-8,12-15,21-22H2/t23?,24?,28?,31-/m0/s1. The maximum absolute atomic E-state index is 13.7. The lowest BCUT2D eigenvalue weighted by atomic mass is 9.70. The van der Waals surface area contributed by atoms with Crippen molar-refractivity contribution in [1.29, 1.82) is 0 Å². The summed E-state index contributed by atoms with van der Waals surface area (Å²) in [6.45, 7) is 1.81. The van der Waals surface area contributed by atoms with Crippen LogP contribution in [0.5, 0.6) is 0 Å². The van der Waals surface area contributed by atoms with Crippen LogP contribution in [0, 0.1) is 29.5 Å². The number of hydrogen-bond donors (Lipinski definition) is 0. The zero-order chi connectivity index (χ0) is 25.2. The first kappa shape index (κ1) is 24.6. The molecule has 4 atom stereocenters. The molecule has 2 aliphatic carbocycles. The Labute approximate surface area is 220 Å². The van der Waals surface area contributed by atoms with Crippen molar-refractivity contribution in [3.05, 3.63) is 77.7 Å². The molecule has 194 valence electrons. The van der Waals surface area contributed by atoms with Gasteiger partial charge in [-0.05, 0) is 85.1 Å². The molecule has 1 amide bonds. The van der Waals surface area contributed by atoms with Crippen molar-refractivity contribution in [1.82, 2.24) is 9.88 Å². The molecule has 2 saturated carbocycles. The van der Waals surface area contributed by atoms with Gasteiger partial charge in [0.05, 0.1) is 11.1 Å². The van der Waals surface area contributed by atoms with Gasteiger partial charge in [-0.3, -0.25) is 9.78 Å². The van der Waals surface area contributed by atoms with Gasteiger partial charge in [0.1, 0.15) is 5.82 Å². The smallest absolute Gasteiger partial charge is 0.256 e. The summed E-state index contributed by atoms with van der Waals surface area (Å²) in [5, 5.41) is 1.03. The molecule has 1 saturated heterocycles. The normalized spacial score (nSPS) is 26.7. The molecule has 2 heterocycles. The zero-order valence-electron chi connectivity index (χ0n) is 21.8. The summed E-state index contributed by atoms with van der Waals surface area (Å²) in [5.41, 5.74) is 2.88. The number of carbonyl (C=O) groups excluding carboxylic acids is 1. The molecule has 37 heavy (non-hydrogen) atoms. The number of rotatable bonds is 6. The van der Waals surface area contributed by atoms with E-state index in [0.717, 1.165) is 41.4 Å². The maximum Gasteiger partial charge on any atom is 0.256 e. The van der Waals surface area contributed by atoms with Crippen LogP contribution in [0.4, 0.5) is 4.39 Å². The summed E-state index contributed by atoms with van der Waals surface area (Å²) in [4.78, 5) is 20.4. The third kappa shape index (κ3) is 5.30. The van der Waals surface area contributed by atoms with Gasteiger partial charge in [0, 0.05) is 24.7 Å². The lowest BCUT2D eigenvalue weighted by Gasteiger charge is -2.34. The quantitative estimate of drug-likeness (QED) is 0.323. The molecule has 3 unspecified atom stereocenters. The van der Waals surface area contributed by atoms with E-state index in [1.54, 1.807) is 18.3 Å². The van der Waals surface area contributed by atoms with E-state index in [-0.39, 0.29) is 11.7 Å². The lowest BCUT2D eigenvalue weighted by Crippen LogP contribution is -2.31. The third-order valence-electron chi connectivity index (χ3n) is 9.77. The predicted molar refractivity (Wildman–Crippen MR) is 147 cm³/mol. The van der Waals surface area contributed by atoms with Crippen LogP contribution < -0.4 is 0 Å². The van der Waals surface area contributed by atoms with Crippen LogP contribution in [0.25, 0.3) is 10.9 Å². The Kier molecular flexibility index (Phi) is 7.26. The van der Waals surface area contributed by atoms with Gasteiger partial charge in [-0.1, -0.05) is 68.9 Å². The molecule has 3 aromatic rings. The predicted octanol–water partition coefficient (Wildman–Crippen LogP) is 8.01. The minimum Gasteiger partial charge on any atom is -0.338 e. The van der Waals surface area contributed by atoms with Crippen molar-refractivity contribution < 1.29 is 9.18 Å². The molecule has 3 aliphatic rings. The molecular weight excluding hydrogens is 459 g/mol. The average Bonchev–Trinajstić information content (AvgIpc) is 3.15. The summed E-state index contributed by atoms with van der Waals surface area (Å²) in [6.07, 6.45) is 14.6. The molecule has 3 fully saturated rings. The Morgan fingerprint density at radius 1 is 0.865 bits per heavy atom. The first-order valence-electron chi connectivity index (χ1n) is 14.5. The molecule has 2 aromatic carbocycles. The van der Waals surface area contributed by atoms with Gasteiger partial charge in [0.25, 0.3) is 5.91 Å². The fraction of sp³-hybridized carbons (Fsp3) is 0.515. The second kappa shape index (κ2) is 10.9. The number of benzene rings is 2. The van der Waals surface area contributed by atoms with E-state index in [1.165, 1.54) is 69.8 Å². The Morgan fingerprint density at radius 2 is 1.68 bits per heavy atom.